The van der Waals surface area contributed by atoms with Crippen LogP contribution in [0.5, 0.6) is 11.5 Å². The molecule has 8 heteroatoms. The molecule has 1 aromatic carbocycles. The Morgan fingerprint density at radius 3 is 2.88 bits per heavy atom. The van der Waals surface area contributed by atoms with E-state index in [9.17, 15) is 9.59 Å². The van der Waals surface area contributed by atoms with Gasteiger partial charge in [-0.1, -0.05) is 11.6 Å². The molecule has 26 heavy (non-hydrogen) atoms. The molecule has 2 aliphatic heterocycles. The van der Waals surface area contributed by atoms with Crippen molar-refractivity contribution in [2.45, 2.75) is 13.0 Å². The van der Waals surface area contributed by atoms with Gasteiger partial charge in [0.05, 0.1) is 16.8 Å². The van der Waals surface area contributed by atoms with Crippen LogP contribution < -0.4 is 14.4 Å². The summed E-state index contributed by atoms with van der Waals surface area (Å²) >= 11 is 7.40. The number of ether oxygens (including phenoxy) is 2. The van der Waals surface area contributed by atoms with Crippen LogP contribution in [0.4, 0.5) is 5.69 Å². The third kappa shape index (κ3) is 3.24. The Hall–Kier alpha value is -2.25. The molecule has 0 aliphatic carbocycles. The van der Waals surface area contributed by atoms with Crippen LogP contribution >= 0.6 is 22.9 Å². The largest absolute Gasteiger partial charge is 0.454 e. The third-order valence-corrected chi connectivity index (χ3v) is 5.76. The lowest BCUT2D eigenvalue weighted by Crippen LogP contribution is -2.34. The Kier molecular flexibility index (Phi) is 4.50. The molecule has 1 saturated heterocycles. The van der Waals surface area contributed by atoms with Crippen LogP contribution in [0.3, 0.4) is 0 Å². The molecule has 6 nitrogen and oxygen atoms in total. The fourth-order valence-electron chi connectivity index (χ4n) is 3.24. The number of hydrogen-bond donors (Lipinski definition) is 0. The Morgan fingerprint density at radius 1 is 1.31 bits per heavy atom. The lowest BCUT2D eigenvalue weighted by molar-refractivity contribution is -0.135. The summed E-state index contributed by atoms with van der Waals surface area (Å²) in [5.41, 5.74) is 0.724. The normalized spacial score (nSPS) is 18.5. The SMILES string of the molecule is CN(Cc1ccc(Cl)s1)C(=O)C1CC(=O)N(c2ccc3c(c2)OCO3)C1. The quantitative estimate of drug-likeness (QED) is 0.802. The van der Waals surface area contributed by atoms with E-state index in [1.165, 1.54) is 11.3 Å². The Balaban J connectivity index is 1.44. The van der Waals surface area contributed by atoms with Crippen LogP contribution in [0.15, 0.2) is 30.3 Å². The number of amides is 2. The zero-order valence-electron chi connectivity index (χ0n) is 14.1. The summed E-state index contributed by atoms with van der Waals surface area (Å²) in [5.74, 6) is 0.841. The van der Waals surface area contributed by atoms with Crippen molar-refractivity contribution in [2.24, 2.45) is 5.92 Å². The van der Waals surface area contributed by atoms with Crippen molar-refractivity contribution >= 4 is 40.4 Å². The standard InChI is InChI=1S/C18H17ClN2O4S/c1-20(9-13-3-5-16(19)26-13)18(23)11-6-17(22)21(8-11)12-2-4-14-15(7-12)25-10-24-14/h2-5,7,11H,6,8-10H2,1H3. The maximum absolute atomic E-state index is 12.7. The number of rotatable bonds is 4. The van der Waals surface area contributed by atoms with Gasteiger partial charge in [-0.2, -0.15) is 0 Å². The van der Waals surface area contributed by atoms with E-state index < -0.39 is 0 Å². The summed E-state index contributed by atoms with van der Waals surface area (Å²) in [7, 11) is 1.75. The molecule has 2 amide bonds. The van der Waals surface area contributed by atoms with E-state index in [1.54, 1.807) is 29.0 Å². The minimum Gasteiger partial charge on any atom is -0.454 e. The molecule has 136 valence electrons. The molecule has 0 spiro atoms. The number of benzene rings is 1. The molecule has 1 aromatic heterocycles. The van der Waals surface area contributed by atoms with Gasteiger partial charge in [0.15, 0.2) is 11.5 Å². The van der Waals surface area contributed by atoms with Crippen molar-refractivity contribution in [3.63, 3.8) is 0 Å². The Bertz CT molecular complexity index is 869. The molecule has 1 unspecified atom stereocenters. The summed E-state index contributed by atoms with van der Waals surface area (Å²) in [4.78, 5) is 29.5. The third-order valence-electron chi connectivity index (χ3n) is 4.54. The van der Waals surface area contributed by atoms with Gasteiger partial charge in [0, 0.05) is 36.6 Å². The predicted octanol–water partition coefficient (Wildman–Crippen LogP) is 3.14. The van der Waals surface area contributed by atoms with Gasteiger partial charge < -0.3 is 19.3 Å². The van der Waals surface area contributed by atoms with Gasteiger partial charge in [-0.05, 0) is 24.3 Å². The number of nitrogens with zero attached hydrogens (tertiary/aromatic N) is 2. The van der Waals surface area contributed by atoms with Crippen molar-refractivity contribution in [1.29, 1.82) is 0 Å². The molecular formula is C18H17ClN2O4S. The Morgan fingerprint density at radius 2 is 2.12 bits per heavy atom. The summed E-state index contributed by atoms with van der Waals surface area (Å²) in [6, 6.07) is 9.11. The molecule has 4 rings (SSSR count). The molecule has 1 fully saturated rings. The molecule has 3 heterocycles. The van der Waals surface area contributed by atoms with Crippen LogP contribution in [-0.4, -0.2) is 37.1 Å². The van der Waals surface area contributed by atoms with Gasteiger partial charge in [-0.25, -0.2) is 0 Å². The van der Waals surface area contributed by atoms with Crippen molar-refractivity contribution < 1.29 is 19.1 Å². The highest BCUT2D eigenvalue weighted by molar-refractivity contribution is 7.16. The average Bonchev–Trinajstić information content (AvgIpc) is 3.33. The lowest BCUT2D eigenvalue weighted by atomic mass is 10.1. The van der Waals surface area contributed by atoms with Crippen LogP contribution in [0, 0.1) is 5.92 Å². The van der Waals surface area contributed by atoms with E-state index in [-0.39, 0.29) is 30.9 Å². The molecule has 0 radical (unpaired) electrons. The maximum Gasteiger partial charge on any atom is 0.231 e. The number of fused-ring (bicyclic) bond motifs is 1. The van der Waals surface area contributed by atoms with Gasteiger partial charge in [-0.3, -0.25) is 9.59 Å². The highest BCUT2D eigenvalue weighted by Crippen LogP contribution is 2.37. The first-order valence-corrected chi connectivity index (χ1v) is 9.40. The lowest BCUT2D eigenvalue weighted by Gasteiger charge is -2.21. The minimum absolute atomic E-state index is 0.0360. The van der Waals surface area contributed by atoms with Crippen molar-refractivity contribution in [3.8, 4) is 11.5 Å². The van der Waals surface area contributed by atoms with E-state index >= 15 is 0 Å². The molecule has 0 saturated carbocycles. The zero-order valence-corrected chi connectivity index (χ0v) is 15.7. The second kappa shape index (κ2) is 6.81. The number of carbonyl (C=O) groups excluding carboxylic acids is 2. The van der Waals surface area contributed by atoms with Crippen LogP contribution in [-0.2, 0) is 16.1 Å². The van der Waals surface area contributed by atoms with Gasteiger partial charge in [-0.15, -0.1) is 11.3 Å². The van der Waals surface area contributed by atoms with Crippen molar-refractivity contribution in [2.75, 3.05) is 25.3 Å². The van der Waals surface area contributed by atoms with E-state index in [4.69, 9.17) is 21.1 Å². The second-order valence-corrected chi connectivity index (χ2v) is 8.14. The monoisotopic (exact) mass is 392 g/mol. The number of carbonyl (C=O) groups is 2. The Labute approximate surface area is 159 Å². The molecular weight excluding hydrogens is 376 g/mol. The number of halogens is 1. The summed E-state index contributed by atoms with van der Waals surface area (Å²) in [6.45, 7) is 1.04. The molecule has 2 aliphatic rings. The van der Waals surface area contributed by atoms with E-state index in [0.29, 0.717) is 28.9 Å². The summed E-state index contributed by atoms with van der Waals surface area (Å²) in [6.07, 6.45) is 0.211. The first-order chi connectivity index (χ1) is 12.5. The van der Waals surface area contributed by atoms with Crippen LogP contribution in [0.25, 0.3) is 0 Å². The smallest absolute Gasteiger partial charge is 0.231 e. The second-order valence-electron chi connectivity index (χ2n) is 6.34. The average molecular weight is 393 g/mol. The molecule has 2 aromatic rings. The minimum atomic E-state index is -0.353. The predicted molar refractivity (Wildman–Crippen MR) is 98.8 cm³/mol. The van der Waals surface area contributed by atoms with E-state index in [0.717, 1.165) is 10.6 Å². The number of thiophene rings is 1. The van der Waals surface area contributed by atoms with Gasteiger partial charge in [0.25, 0.3) is 0 Å². The molecule has 1 atom stereocenters. The van der Waals surface area contributed by atoms with Gasteiger partial charge >= 0.3 is 0 Å². The van der Waals surface area contributed by atoms with E-state index in [1.807, 2.05) is 18.2 Å². The fraction of sp³-hybridized carbons (Fsp3) is 0.333. The number of hydrogen-bond acceptors (Lipinski definition) is 5. The first-order valence-electron chi connectivity index (χ1n) is 8.20. The van der Waals surface area contributed by atoms with Crippen LogP contribution in [0.1, 0.15) is 11.3 Å². The van der Waals surface area contributed by atoms with Gasteiger partial charge in [0.1, 0.15) is 0 Å². The molecule has 0 bridgehead atoms. The zero-order chi connectivity index (χ0) is 18.3. The highest BCUT2D eigenvalue weighted by atomic mass is 35.5. The number of anilines is 1. The van der Waals surface area contributed by atoms with Crippen molar-refractivity contribution in [3.05, 3.63) is 39.5 Å². The van der Waals surface area contributed by atoms with Crippen molar-refractivity contribution in [1.82, 2.24) is 4.90 Å². The fourth-order valence-corrected chi connectivity index (χ4v) is 4.38. The highest BCUT2D eigenvalue weighted by Gasteiger charge is 2.37. The summed E-state index contributed by atoms with van der Waals surface area (Å²) < 4.78 is 11.4. The van der Waals surface area contributed by atoms with E-state index in [2.05, 4.69) is 0 Å². The molecule has 0 N–H and O–H groups in total. The topological polar surface area (TPSA) is 59.1 Å². The summed E-state index contributed by atoms with van der Waals surface area (Å²) in [5, 5.41) is 0. The van der Waals surface area contributed by atoms with Gasteiger partial charge in [0.2, 0.25) is 18.6 Å². The maximum atomic E-state index is 12.7. The van der Waals surface area contributed by atoms with Crippen LogP contribution in [0.2, 0.25) is 4.34 Å². The first kappa shape index (κ1) is 17.2.